The van der Waals surface area contributed by atoms with E-state index in [1.807, 2.05) is 12.1 Å². The Morgan fingerprint density at radius 2 is 2.06 bits per heavy atom. The molecule has 1 aromatic carbocycles. The molecule has 1 saturated heterocycles. The molecule has 0 spiro atoms. The van der Waals surface area contributed by atoms with Gasteiger partial charge in [-0.2, -0.15) is 0 Å². The molecule has 1 fully saturated rings. The van der Waals surface area contributed by atoms with Crippen molar-refractivity contribution in [1.29, 1.82) is 0 Å². The molecule has 1 aliphatic rings. The van der Waals surface area contributed by atoms with E-state index in [0.717, 1.165) is 23.9 Å². The summed E-state index contributed by atoms with van der Waals surface area (Å²) >= 11 is 3.41. The van der Waals surface area contributed by atoms with E-state index in [1.165, 1.54) is 18.4 Å². The molecule has 0 aromatic heterocycles. The lowest BCUT2D eigenvalue weighted by molar-refractivity contribution is 0.113. The van der Waals surface area contributed by atoms with E-state index in [-0.39, 0.29) is 12.1 Å². The summed E-state index contributed by atoms with van der Waals surface area (Å²) in [6, 6.07) is 8.45. The highest BCUT2D eigenvalue weighted by Gasteiger charge is 2.20. The Bertz CT molecular complexity index is 319. The summed E-state index contributed by atoms with van der Waals surface area (Å²) in [6.07, 6.45) is 4.04. The molecule has 1 aromatic rings. The Kier molecular flexibility index (Phi) is 4.38. The van der Waals surface area contributed by atoms with Crippen LogP contribution in [0, 0.1) is 0 Å². The third kappa shape index (κ3) is 3.30. The molecule has 16 heavy (non-hydrogen) atoms. The van der Waals surface area contributed by atoms with Crippen molar-refractivity contribution in [2.24, 2.45) is 0 Å². The van der Waals surface area contributed by atoms with Crippen LogP contribution in [0.4, 0.5) is 0 Å². The van der Waals surface area contributed by atoms with Gasteiger partial charge in [-0.25, -0.2) is 0 Å². The fourth-order valence-electron chi connectivity index (χ4n) is 2.21. The molecule has 0 amide bonds. The van der Waals surface area contributed by atoms with Crippen molar-refractivity contribution < 1.29 is 5.11 Å². The first kappa shape index (κ1) is 12.1. The number of aliphatic hydroxyl groups excluding tert-OH is 1. The summed E-state index contributed by atoms with van der Waals surface area (Å²) < 4.78 is 1.08. The van der Waals surface area contributed by atoms with Crippen LogP contribution in [0.1, 0.15) is 24.8 Å². The second kappa shape index (κ2) is 5.80. The molecule has 88 valence electrons. The van der Waals surface area contributed by atoms with E-state index in [9.17, 15) is 5.11 Å². The molecular formula is C13H18BrNO. The van der Waals surface area contributed by atoms with Crippen LogP contribution >= 0.6 is 15.9 Å². The quantitative estimate of drug-likeness (QED) is 0.894. The number of benzene rings is 1. The normalized spacial score (nSPS) is 23.0. The molecule has 2 atom stereocenters. The number of halogens is 1. The zero-order valence-corrected chi connectivity index (χ0v) is 10.9. The Morgan fingerprint density at radius 3 is 2.69 bits per heavy atom. The topological polar surface area (TPSA) is 32.3 Å². The van der Waals surface area contributed by atoms with Gasteiger partial charge in [-0.15, -0.1) is 0 Å². The molecule has 2 rings (SSSR count). The molecule has 3 heteroatoms. The maximum Gasteiger partial charge on any atom is 0.0733 e. The average Bonchev–Trinajstić information content (AvgIpc) is 2.33. The average molecular weight is 284 g/mol. The summed E-state index contributed by atoms with van der Waals surface area (Å²) in [5, 5.41) is 13.5. The van der Waals surface area contributed by atoms with Crippen LogP contribution in [0.15, 0.2) is 28.7 Å². The Morgan fingerprint density at radius 1 is 1.31 bits per heavy atom. The lowest BCUT2D eigenvalue weighted by Gasteiger charge is -2.28. The number of piperidine rings is 1. The van der Waals surface area contributed by atoms with Gasteiger partial charge in [0.25, 0.3) is 0 Å². The first-order valence-electron chi connectivity index (χ1n) is 5.91. The highest BCUT2D eigenvalue weighted by molar-refractivity contribution is 9.10. The van der Waals surface area contributed by atoms with E-state index in [4.69, 9.17) is 0 Å². The summed E-state index contributed by atoms with van der Waals surface area (Å²) in [6.45, 7) is 1.04. The first-order chi connectivity index (χ1) is 7.75. The minimum atomic E-state index is -0.263. The molecule has 0 aliphatic carbocycles. The Balaban J connectivity index is 1.90. The van der Waals surface area contributed by atoms with Crippen LogP contribution in [0.25, 0.3) is 0 Å². The van der Waals surface area contributed by atoms with Gasteiger partial charge in [0.05, 0.1) is 6.10 Å². The van der Waals surface area contributed by atoms with Gasteiger partial charge in [0.2, 0.25) is 0 Å². The zero-order chi connectivity index (χ0) is 11.4. The molecule has 0 bridgehead atoms. The van der Waals surface area contributed by atoms with Gasteiger partial charge in [0.15, 0.2) is 0 Å². The van der Waals surface area contributed by atoms with Gasteiger partial charge < -0.3 is 10.4 Å². The lowest BCUT2D eigenvalue weighted by Crippen LogP contribution is -2.44. The highest BCUT2D eigenvalue weighted by Crippen LogP contribution is 2.16. The SMILES string of the molecule is OC(Cc1ccc(Br)cc1)C1CCCCN1. The summed E-state index contributed by atoms with van der Waals surface area (Å²) in [4.78, 5) is 0. The van der Waals surface area contributed by atoms with Crippen LogP contribution in [-0.4, -0.2) is 23.8 Å². The Labute approximate surface area is 105 Å². The third-order valence-electron chi connectivity index (χ3n) is 3.17. The van der Waals surface area contributed by atoms with Gasteiger partial charge >= 0.3 is 0 Å². The first-order valence-corrected chi connectivity index (χ1v) is 6.71. The van der Waals surface area contributed by atoms with Crippen molar-refractivity contribution in [2.75, 3.05) is 6.54 Å². The third-order valence-corrected chi connectivity index (χ3v) is 3.70. The van der Waals surface area contributed by atoms with Crippen molar-refractivity contribution in [3.8, 4) is 0 Å². The van der Waals surface area contributed by atoms with E-state index in [0.29, 0.717) is 0 Å². The Hall–Kier alpha value is -0.380. The fraction of sp³-hybridized carbons (Fsp3) is 0.538. The second-order valence-electron chi connectivity index (χ2n) is 4.45. The monoisotopic (exact) mass is 283 g/mol. The van der Waals surface area contributed by atoms with E-state index >= 15 is 0 Å². The molecule has 1 heterocycles. The van der Waals surface area contributed by atoms with Crippen molar-refractivity contribution in [2.45, 2.75) is 37.8 Å². The van der Waals surface area contributed by atoms with Gasteiger partial charge in [-0.1, -0.05) is 34.5 Å². The van der Waals surface area contributed by atoms with Crippen LogP contribution in [0.5, 0.6) is 0 Å². The molecule has 2 nitrogen and oxygen atoms in total. The van der Waals surface area contributed by atoms with Crippen LogP contribution < -0.4 is 5.32 Å². The molecule has 1 aliphatic heterocycles. The minimum absolute atomic E-state index is 0.263. The van der Waals surface area contributed by atoms with Crippen molar-refractivity contribution in [1.82, 2.24) is 5.32 Å². The number of nitrogens with one attached hydrogen (secondary N) is 1. The van der Waals surface area contributed by atoms with E-state index in [2.05, 4.69) is 33.4 Å². The van der Waals surface area contributed by atoms with E-state index in [1.54, 1.807) is 0 Å². The maximum absolute atomic E-state index is 10.1. The van der Waals surface area contributed by atoms with Crippen molar-refractivity contribution in [3.05, 3.63) is 34.3 Å². The fourth-order valence-corrected chi connectivity index (χ4v) is 2.48. The largest absolute Gasteiger partial charge is 0.391 e. The second-order valence-corrected chi connectivity index (χ2v) is 5.37. The van der Waals surface area contributed by atoms with Crippen molar-refractivity contribution >= 4 is 15.9 Å². The maximum atomic E-state index is 10.1. The predicted molar refractivity (Wildman–Crippen MR) is 69.5 cm³/mol. The molecule has 0 radical (unpaired) electrons. The highest BCUT2D eigenvalue weighted by atomic mass is 79.9. The molecule has 0 saturated carbocycles. The summed E-state index contributed by atoms with van der Waals surface area (Å²) in [7, 11) is 0. The number of hydrogen-bond donors (Lipinski definition) is 2. The lowest BCUT2D eigenvalue weighted by atomic mass is 9.95. The standard InChI is InChI=1S/C13H18BrNO/c14-11-6-4-10(5-7-11)9-13(16)12-3-1-2-8-15-12/h4-7,12-13,15-16H,1-3,8-9H2. The van der Waals surface area contributed by atoms with Crippen LogP contribution in [0.2, 0.25) is 0 Å². The van der Waals surface area contributed by atoms with Gasteiger partial charge in [0.1, 0.15) is 0 Å². The van der Waals surface area contributed by atoms with Crippen LogP contribution in [0.3, 0.4) is 0 Å². The van der Waals surface area contributed by atoms with Crippen molar-refractivity contribution in [3.63, 3.8) is 0 Å². The number of rotatable bonds is 3. The summed E-state index contributed by atoms with van der Waals surface area (Å²) in [5.41, 5.74) is 1.20. The zero-order valence-electron chi connectivity index (χ0n) is 9.32. The van der Waals surface area contributed by atoms with Gasteiger partial charge in [-0.05, 0) is 43.5 Å². The minimum Gasteiger partial charge on any atom is -0.391 e. The molecule has 2 N–H and O–H groups in total. The van der Waals surface area contributed by atoms with Gasteiger partial charge in [0, 0.05) is 10.5 Å². The predicted octanol–water partition coefficient (Wildman–Crippen LogP) is 2.49. The number of hydrogen-bond acceptors (Lipinski definition) is 2. The van der Waals surface area contributed by atoms with E-state index < -0.39 is 0 Å². The molecular weight excluding hydrogens is 266 g/mol. The molecule has 2 unspecified atom stereocenters. The van der Waals surface area contributed by atoms with Crippen LogP contribution in [-0.2, 0) is 6.42 Å². The smallest absolute Gasteiger partial charge is 0.0733 e. The number of aliphatic hydroxyl groups is 1. The van der Waals surface area contributed by atoms with Gasteiger partial charge in [-0.3, -0.25) is 0 Å². The summed E-state index contributed by atoms with van der Waals surface area (Å²) in [5.74, 6) is 0.